The summed E-state index contributed by atoms with van der Waals surface area (Å²) in [5.74, 6) is 0.538. The summed E-state index contributed by atoms with van der Waals surface area (Å²) in [6.07, 6.45) is -0.754. The minimum Gasteiger partial charge on any atom is -0.389 e. The lowest BCUT2D eigenvalue weighted by atomic mass is 10.2. The van der Waals surface area contributed by atoms with Crippen LogP contribution in [-0.4, -0.2) is 57.8 Å². The molecule has 2 aromatic rings. The molecular formula is C14H20N4O3. The molecule has 0 saturated carbocycles. The van der Waals surface area contributed by atoms with Crippen LogP contribution >= 0.6 is 0 Å². The van der Waals surface area contributed by atoms with Crippen molar-refractivity contribution in [3.63, 3.8) is 0 Å². The summed E-state index contributed by atoms with van der Waals surface area (Å²) in [5, 5.41) is 22.0. The third-order valence-corrected chi connectivity index (χ3v) is 2.83. The van der Waals surface area contributed by atoms with Crippen LogP contribution in [0.4, 0.5) is 0 Å². The summed E-state index contributed by atoms with van der Waals surface area (Å²) in [7, 11) is 1.61. The lowest BCUT2D eigenvalue weighted by molar-refractivity contribution is -0.0374. The van der Waals surface area contributed by atoms with Gasteiger partial charge in [0.05, 0.1) is 32.0 Å². The highest BCUT2D eigenvalue weighted by Gasteiger charge is 2.12. The Balaban J connectivity index is 1.85. The number of methoxy groups -OCH3 is 1. The molecule has 1 aromatic heterocycles. The van der Waals surface area contributed by atoms with Crippen molar-refractivity contribution < 1.29 is 14.6 Å². The Kier molecular flexibility index (Phi) is 5.79. The van der Waals surface area contributed by atoms with E-state index in [1.165, 1.54) is 4.80 Å². The van der Waals surface area contributed by atoms with Crippen molar-refractivity contribution in [2.24, 2.45) is 0 Å². The molecule has 114 valence electrons. The molecule has 21 heavy (non-hydrogen) atoms. The van der Waals surface area contributed by atoms with E-state index in [2.05, 4.69) is 15.4 Å². The third-order valence-electron chi connectivity index (χ3n) is 2.83. The van der Waals surface area contributed by atoms with E-state index < -0.39 is 6.10 Å². The predicted molar refractivity (Wildman–Crippen MR) is 76.5 cm³/mol. The zero-order valence-corrected chi connectivity index (χ0v) is 12.2. The zero-order chi connectivity index (χ0) is 15.1. The monoisotopic (exact) mass is 292 g/mol. The topological polar surface area (TPSA) is 82.3 Å². The molecule has 0 aliphatic heterocycles. The van der Waals surface area contributed by atoms with Crippen molar-refractivity contribution >= 4 is 0 Å². The van der Waals surface area contributed by atoms with Gasteiger partial charge in [0.25, 0.3) is 0 Å². The van der Waals surface area contributed by atoms with Crippen molar-refractivity contribution in [1.82, 2.24) is 20.2 Å². The lowest BCUT2D eigenvalue weighted by Gasteiger charge is -2.15. The number of hydrogen-bond acceptors (Lipinski definition) is 6. The van der Waals surface area contributed by atoms with E-state index in [1.54, 1.807) is 7.11 Å². The largest absolute Gasteiger partial charge is 0.389 e. The molecule has 0 saturated heterocycles. The number of benzene rings is 1. The second-order valence-electron chi connectivity index (χ2n) is 4.79. The van der Waals surface area contributed by atoms with E-state index in [9.17, 15) is 5.11 Å². The first kappa shape index (κ1) is 15.6. The second kappa shape index (κ2) is 7.82. The van der Waals surface area contributed by atoms with Crippen molar-refractivity contribution in [2.75, 3.05) is 20.3 Å². The Bertz CT molecular complexity index is 532. The van der Waals surface area contributed by atoms with E-state index in [1.807, 2.05) is 37.3 Å². The molecule has 1 aromatic carbocycles. The number of ether oxygens (including phenoxy) is 2. The van der Waals surface area contributed by atoms with Crippen LogP contribution in [0.15, 0.2) is 30.3 Å². The number of aliphatic hydroxyl groups excluding tert-OH is 1. The zero-order valence-electron chi connectivity index (χ0n) is 12.2. The first-order chi connectivity index (χ1) is 10.2. The molecule has 2 atom stereocenters. The predicted octanol–water partition coefficient (Wildman–Crippen LogP) is 0.752. The van der Waals surface area contributed by atoms with E-state index >= 15 is 0 Å². The maximum absolute atomic E-state index is 9.91. The summed E-state index contributed by atoms with van der Waals surface area (Å²) in [6.45, 7) is 2.82. The maximum Gasteiger partial charge on any atom is 0.204 e. The molecular weight excluding hydrogens is 272 g/mol. The molecule has 0 fully saturated rings. The average molecular weight is 292 g/mol. The lowest BCUT2D eigenvalue weighted by Crippen LogP contribution is -2.27. The van der Waals surface area contributed by atoms with Crippen LogP contribution in [0.5, 0.6) is 0 Å². The average Bonchev–Trinajstić information content (AvgIpc) is 2.95. The molecule has 0 amide bonds. The van der Waals surface area contributed by atoms with Gasteiger partial charge in [-0.25, -0.2) is 0 Å². The molecule has 1 N–H and O–H groups in total. The van der Waals surface area contributed by atoms with Gasteiger partial charge in [-0.1, -0.05) is 30.3 Å². The van der Waals surface area contributed by atoms with Crippen LogP contribution < -0.4 is 0 Å². The van der Waals surface area contributed by atoms with E-state index in [0.29, 0.717) is 12.4 Å². The molecule has 0 aliphatic carbocycles. The van der Waals surface area contributed by atoms with Gasteiger partial charge >= 0.3 is 0 Å². The molecule has 0 radical (unpaired) electrons. The Morgan fingerprint density at radius 1 is 1.24 bits per heavy atom. The quantitative estimate of drug-likeness (QED) is 0.773. The number of aromatic nitrogens is 4. The molecule has 0 spiro atoms. The molecule has 0 aliphatic rings. The Morgan fingerprint density at radius 3 is 2.71 bits per heavy atom. The molecule has 7 nitrogen and oxygen atoms in total. The second-order valence-corrected chi connectivity index (χ2v) is 4.79. The van der Waals surface area contributed by atoms with Gasteiger partial charge in [-0.2, -0.15) is 4.80 Å². The number of tetrazole rings is 1. The van der Waals surface area contributed by atoms with Crippen LogP contribution in [0.3, 0.4) is 0 Å². The van der Waals surface area contributed by atoms with Crippen molar-refractivity contribution in [1.29, 1.82) is 0 Å². The van der Waals surface area contributed by atoms with Gasteiger partial charge in [0, 0.05) is 12.7 Å². The normalized spacial score (nSPS) is 14.0. The van der Waals surface area contributed by atoms with Crippen LogP contribution in [0, 0.1) is 0 Å². The molecule has 0 bridgehead atoms. The van der Waals surface area contributed by atoms with E-state index in [4.69, 9.17) is 9.47 Å². The Morgan fingerprint density at radius 2 is 2.00 bits per heavy atom. The Hall–Kier alpha value is -1.83. The summed E-state index contributed by atoms with van der Waals surface area (Å²) in [6, 6.07) is 9.57. The fourth-order valence-electron chi connectivity index (χ4n) is 1.82. The standard InChI is InChI=1S/C14H20N4O3/c1-11(9-20-2)21-10-13(19)8-18-16-14(15-17-18)12-6-4-3-5-7-12/h3-7,11,13,19H,8-10H2,1-2H3. The van der Waals surface area contributed by atoms with Gasteiger partial charge in [-0.3, -0.25) is 0 Å². The van der Waals surface area contributed by atoms with Crippen LogP contribution in [-0.2, 0) is 16.0 Å². The van der Waals surface area contributed by atoms with Gasteiger partial charge in [-0.15, -0.1) is 10.2 Å². The first-order valence-corrected chi connectivity index (χ1v) is 6.81. The maximum atomic E-state index is 9.91. The van der Waals surface area contributed by atoms with E-state index in [0.717, 1.165) is 5.56 Å². The van der Waals surface area contributed by atoms with Gasteiger partial charge < -0.3 is 14.6 Å². The van der Waals surface area contributed by atoms with Crippen LogP contribution in [0.2, 0.25) is 0 Å². The van der Waals surface area contributed by atoms with Crippen molar-refractivity contribution in [3.05, 3.63) is 30.3 Å². The SMILES string of the molecule is COCC(C)OCC(O)Cn1nnc(-c2ccccc2)n1. The van der Waals surface area contributed by atoms with Gasteiger partial charge in [0.1, 0.15) is 0 Å². The molecule has 1 heterocycles. The smallest absolute Gasteiger partial charge is 0.204 e. The highest BCUT2D eigenvalue weighted by molar-refractivity contribution is 5.52. The highest BCUT2D eigenvalue weighted by atomic mass is 16.5. The van der Waals surface area contributed by atoms with Gasteiger partial charge in [0.15, 0.2) is 0 Å². The number of nitrogens with zero attached hydrogens (tertiary/aromatic N) is 4. The van der Waals surface area contributed by atoms with Crippen LogP contribution in [0.1, 0.15) is 6.92 Å². The fourth-order valence-corrected chi connectivity index (χ4v) is 1.82. The van der Waals surface area contributed by atoms with Gasteiger partial charge in [-0.05, 0) is 12.1 Å². The summed E-state index contributed by atoms with van der Waals surface area (Å²) >= 11 is 0. The number of rotatable bonds is 8. The minimum atomic E-state index is -0.692. The van der Waals surface area contributed by atoms with Gasteiger partial charge in [0.2, 0.25) is 5.82 Å². The summed E-state index contributed by atoms with van der Waals surface area (Å²) < 4.78 is 10.4. The van der Waals surface area contributed by atoms with E-state index in [-0.39, 0.29) is 19.3 Å². The van der Waals surface area contributed by atoms with Crippen molar-refractivity contribution in [3.8, 4) is 11.4 Å². The molecule has 7 heteroatoms. The van der Waals surface area contributed by atoms with Crippen molar-refractivity contribution in [2.45, 2.75) is 25.7 Å². The molecule has 2 unspecified atom stereocenters. The highest BCUT2D eigenvalue weighted by Crippen LogP contribution is 2.11. The minimum absolute atomic E-state index is 0.0618. The number of aliphatic hydroxyl groups is 1. The third kappa shape index (κ3) is 4.89. The molecule has 2 rings (SSSR count). The number of hydrogen-bond donors (Lipinski definition) is 1. The summed E-state index contributed by atoms with van der Waals surface area (Å²) in [5.41, 5.74) is 0.892. The van der Waals surface area contributed by atoms with Crippen LogP contribution in [0.25, 0.3) is 11.4 Å². The Labute approximate surface area is 123 Å². The first-order valence-electron chi connectivity index (χ1n) is 6.81. The summed E-state index contributed by atoms with van der Waals surface area (Å²) in [4.78, 5) is 1.37. The fraction of sp³-hybridized carbons (Fsp3) is 0.500.